The van der Waals surface area contributed by atoms with Crippen molar-refractivity contribution in [3.8, 4) is 0 Å². The number of sulfone groups is 1. The zero-order valence-electron chi connectivity index (χ0n) is 7.77. The molecule has 1 saturated heterocycles. The summed E-state index contributed by atoms with van der Waals surface area (Å²) in [5.74, 6) is 1.10. The second-order valence-corrected chi connectivity index (χ2v) is 5.62. The molecule has 1 N–H and O–H groups in total. The highest BCUT2D eigenvalue weighted by molar-refractivity contribution is 7.92. The van der Waals surface area contributed by atoms with Crippen molar-refractivity contribution in [1.82, 2.24) is 9.97 Å². The van der Waals surface area contributed by atoms with Crippen molar-refractivity contribution in [1.29, 1.82) is 0 Å². The molecule has 76 valence electrons. The largest absolute Gasteiger partial charge is 0.365 e. The van der Waals surface area contributed by atoms with Crippen LogP contribution in [0.4, 0.5) is 5.82 Å². The first-order chi connectivity index (χ1) is 6.55. The lowest BCUT2D eigenvalue weighted by molar-refractivity contribution is 0.570. The van der Waals surface area contributed by atoms with Gasteiger partial charge in [0, 0.05) is 11.8 Å². The molecule has 6 heteroatoms. The molecule has 1 aliphatic heterocycles. The summed E-state index contributed by atoms with van der Waals surface area (Å²) in [6, 6.07) is 1.81. The number of aryl methyl sites for hydroxylation is 1. The normalized spacial score (nSPS) is 20.1. The van der Waals surface area contributed by atoms with E-state index >= 15 is 0 Å². The molecular formula is C8H11N3O2S. The molecule has 5 nitrogen and oxygen atoms in total. The third kappa shape index (κ3) is 2.01. The van der Waals surface area contributed by atoms with Gasteiger partial charge in [0.05, 0.1) is 17.5 Å². The van der Waals surface area contributed by atoms with Crippen LogP contribution in [0.2, 0.25) is 0 Å². The zero-order chi connectivity index (χ0) is 10.2. The van der Waals surface area contributed by atoms with Crippen LogP contribution < -0.4 is 5.32 Å². The van der Waals surface area contributed by atoms with E-state index < -0.39 is 9.84 Å². The molecule has 2 rings (SSSR count). The second kappa shape index (κ2) is 3.20. The Hall–Kier alpha value is -1.17. The summed E-state index contributed by atoms with van der Waals surface area (Å²) in [6.45, 7) is 1.87. The Morgan fingerprint density at radius 1 is 1.43 bits per heavy atom. The van der Waals surface area contributed by atoms with Crippen LogP contribution >= 0.6 is 0 Å². The average molecular weight is 213 g/mol. The number of hydrogen-bond donors (Lipinski definition) is 1. The van der Waals surface area contributed by atoms with Crippen LogP contribution in [0, 0.1) is 6.92 Å². The van der Waals surface area contributed by atoms with Crippen LogP contribution in [0.3, 0.4) is 0 Å². The molecule has 0 atom stereocenters. The fraction of sp³-hybridized carbons (Fsp3) is 0.500. The minimum Gasteiger partial charge on any atom is -0.365 e. The Balaban J connectivity index is 2.00. The first-order valence-electron chi connectivity index (χ1n) is 4.31. The van der Waals surface area contributed by atoms with Gasteiger partial charge in [-0.3, -0.25) is 0 Å². The van der Waals surface area contributed by atoms with Crippen LogP contribution in [0.15, 0.2) is 12.4 Å². The molecule has 0 radical (unpaired) electrons. The molecule has 2 heterocycles. The Morgan fingerprint density at radius 3 is 2.71 bits per heavy atom. The lowest BCUT2D eigenvalue weighted by atomic mass is 10.3. The van der Waals surface area contributed by atoms with E-state index in [-0.39, 0.29) is 17.5 Å². The molecule has 0 saturated carbocycles. The first-order valence-corrected chi connectivity index (χ1v) is 6.13. The number of nitrogens with zero attached hydrogens (tertiary/aromatic N) is 2. The van der Waals surface area contributed by atoms with E-state index in [1.807, 2.05) is 6.92 Å². The van der Waals surface area contributed by atoms with Gasteiger partial charge in [0.15, 0.2) is 9.84 Å². The minimum absolute atomic E-state index is 0.00861. The molecule has 0 unspecified atom stereocenters. The van der Waals surface area contributed by atoms with Crippen LogP contribution in [-0.4, -0.2) is 35.9 Å². The quantitative estimate of drug-likeness (QED) is 0.748. The predicted octanol–water partition coefficient (Wildman–Crippen LogP) is -0.00608. The number of rotatable bonds is 2. The van der Waals surface area contributed by atoms with Crippen molar-refractivity contribution in [3.63, 3.8) is 0 Å². The monoisotopic (exact) mass is 213 g/mol. The van der Waals surface area contributed by atoms with Crippen molar-refractivity contribution in [2.24, 2.45) is 0 Å². The van der Waals surface area contributed by atoms with Crippen molar-refractivity contribution in [3.05, 3.63) is 18.1 Å². The minimum atomic E-state index is -2.77. The van der Waals surface area contributed by atoms with Gasteiger partial charge in [-0.1, -0.05) is 0 Å². The summed E-state index contributed by atoms with van der Waals surface area (Å²) in [5, 5.41) is 3.04. The number of hydrogen-bond acceptors (Lipinski definition) is 5. The summed E-state index contributed by atoms with van der Waals surface area (Å²) in [7, 11) is -2.77. The van der Waals surface area contributed by atoms with E-state index in [0.717, 1.165) is 5.69 Å². The van der Waals surface area contributed by atoms with Crippen molar-refractivity contribution in [2.45, 2.75) is 13.0 Å². The topological polar surface area (TPSA) is 72.0 Å². The molecule has 0 aromatic carbocycles. The third-order valence-corrected chi connectivity index (χ3v) is 3.89. The summed E-state index contributed by atoms with van der Waals surface area (Å²) in [4.78, 5) is 7.94. The molecular weight excluding hydrogens is 202 g/mol. The molecule has 1 aromatic rings. The van der Waals surface area contributed by atoms with E-state index in [4.69, 9.17) is 0 Å². The maximum absolute atomic E-state index is 10.9. The molecule has 0 bridgehead atoms. The Labute approximate surface area is 82.5 Å². The first kappa shape index (κ1) is 9.39. The van der Waals surface area contributed by atoms with Gasteiger partial charge in [0.25, 0.3) is 0 Å². The van der Waals surface area contributed by atoms with E-state index in [1.54, 1.807) is 6.07 Å². The predicted molar refractivity (Wildman–Crippen MR) is 52.8 cm³/mol. The highest BCUT2D eigenvalue weighted by atomic mass is 32.2. The summed E-state index contributed by atoms with van der Waals surface area (Å²) in [6.07, 6.45) is 1.46. The molecule has 1 aliphatic rings. The van der Waals surface area contributed by atoms with Crippen LogP contribution in [-0.2, 0) is 9.84 Å². The summed E-state index contributed by atoms with van der Waals surface area (Å²) >= 11 is 0. The Morgan fingerprint density at radius 2 is 2.14 bits per heavy atom. The Bertz CT molecular complexity index is 432. The average Bonchev–Trinajstić information content (AvgIpc) is 2.00. The molecule has 1 fully saturated rings. The van der Waals surface area contributed by atoms with E-state index in [1.165, 1.54) is 6.33 Å². The molecule has 1 aromatic heterocycles. The lowest BCUT2D eigenvalue weighted by Gasteiger charge is -2.26. The fourth-order valence-electron chi connectivity index (χ4n) is 1.39. The maximum Gasteiger partial charge on any atom is 0.154 e. The van der Waals surface area contributed by atoms with E-state index in [2.05, 4.69) is 15.3 Å². The maximum atomic E-state index is 10.9. The smallest absolute Gasteiger partial charge is 0.154 e. The van der Waals surface area contributed by atoms with Gasteiger partial charge in [0.1, 0.15) is 12.1 Å². The standard InChI is InChI=1S/C8H11N3O2S/c1-6-2-8(10-5-9-6)11-7-3-14(12,13)4-7/h2,5,7H,3-4H2,1H3,(H,9,10,11). The SMILES string of the molecule is Cc1cc(NC2CS(=O)(=O)C2)ncn1. The lowest BCUT2D eigenvalue weighted by Crippen LogP contribution is -2.46. The van der Waals surface area contributed by atoms with Gasteiger partial charge >= 0.3 is 0 Å². The van der Waals surface area contributed by atoms with Crippen molar-refractivity contribution < 1.29 is 8.42 Å². The molecule has 0 spiro atoms. The molecule has 0 amide bonds. The van der Waals surface area contributed by atoms with Gasteiger partial charge in [-0.15, -0.1) is 0 Å². The van der Waals surface area contributed by atoms with Crippen LogP contribution in [0.1, 0.15) is 5.69 Å². The highest BCUT2D eigenvalue weighted by Gasteiger charge is 2.33. The van der Waals surface area contributed by atoms with E-state index in [9.17, 15) is 8.42 Å². The van der Waals surface area contributed by atoms with Crippen LogP contribution in [0.5, 0.6) is 0 Å². The van der Waals surface area contributed by atoms with Gasteiger partial charge < -0.3 is 5.32 Å². The third-order valence-electron chi connectivity index (χ3n) is 2.07. The van der Waals surface area contributed by atoms with Crippen molar-refractivity contribution >= 4 is 15.7 Å². The zero-order valence-corrected chi connectivity index (χ0v) is 8.58. The van der Waals surface area contributed by atoms with Gasteiger partial charge in [0.2, 0.25) is 0 Å². The highest BCUT2D eigenvalue weighted by Crippen LogP contribution is 2.15. The summed E-state index contributed by atoms with van der Waals surface area (Å²) in [5.41, 5.74) is 0.865. The fourth-order valence-corrected chi connectivity index (χ4v) is 2.69. The van der Waals surface area contributed by atoms with Crippen LogP contribution in [0.25, 0.3) is 0 Å². The van der Waals surface area contributed by atoms with Gasteiger partial charge in [-0.2, -0.15) is 0 Å². The number of aromatic nitrogens is 2. The summed E-state index contributed by atoms with van der Waals surface area (Å²) < 4.78 is 21.8. The van der Waals surface area contributed by atoms with E-state index in [0.29, 0.717) is 5.82 Å². The number of anilines is 1. The van der Waals surface area contributed by atoms with Crippen molar-refractivity contribution in [2.75, 3.05) is 16.8 Å². The van der Waals surface area contributed by atoms with Gasteiger partial charge in [-0.25, -0.2) is 18.4 Å². The van der Waals surface area contributed by atoms with Gasteiger partial charge in [-0.05, 0) is 6.92 Å². The molecule has 14 heavy (non-hydrogen) atoms. The second-order valence-electron chi connectivity index (χ2n) is 3.46. The Kier molecular flexibility index (Phi) is 2.14. The number of nitrogens with one attached hydrogen (secondary N) is 1. The molecule has 0 aliphatic carbocycles.